The van der Waals surface area contributed by atoms with E-state index in [0.717, 1.165) is 32.7 Å². The lowest BCUT2D eigenvalue weighted by Gasteiger charge is -2.34. The molecule has 2 aromatic carbocycles. The number of ether oxygens (including phenoxy) is 2. The van der Waals surface area contributed by atoms with E-state index >= 15 is 0 Å². The molecule has 0 spiro atoms. The maximum Gasteiger partial charge on any atom is 0.254 e. The molecule has 5 heteroatoms. The highest BCUT2D eigenvalue weighted by molar-refractivity contribution is 5.95. The minimum absolute atomic E-state index is 0.0445. The van der Waals surface area contributed by atoms with Gasteiger partial charge in [-0.3, -0.25) is 9.69 Å². The highest BCUT2D eigenvalue weighted by atomic mass is 16.5. The Morgan fingerprint density at radius 3 is 2.46 bits per heavy atom. The molecule has 0 bridgehead atoms. The van der Waals surface area contributed by atoms with Crippen LogP contribution in [0, 0.1) is 0 Å². The van der Waals surface area contributed by atoms with Gasteiger partial charge in [-0.25, -0.2) is 0 Å². The molecule has 2 aromatic rings. The number of methoxy groups -OCH3 is 1. The minimum Gasteiger partial charge on any atom is -0.493 e. The number of hydrogen-bond acceptors (Lipinski definition) is 4. The van der Waals surface area contributed by atoms with Crippen molar-refractivity contribution in [1.82, 2.24) is 9.80 Å². The third-order valence-corrected chi connectivity index (χ3v) is 4.84. The van der Waals surface area contributed by atoms with E-state index in [1.807, 2.05) is 30.0 Å². The molecule has 0 unspecified atom stereocenters. The lowest BCUT2D eigenvalue weighted by Crippen LogP contribution is -2.48. The van der Waals surface area contributed by atoms with Crippen LogP contribution in [-0.4, -0.2) is 62.1 Å². The summed E-state index contributed by atoms with van der Waals surface area (Å²) in [7, 11) is 1.60. The predicted molar refractivity (Wildman–Crippen MR) is 112 cm³/mol. The van der Waals surface area contributed by atoms with E-state index in [1.165, 1.54) is 5.56 Å². The minimum atomic E-state index is 0.0445. The molecule has 148 valence electrons. The third-order valence-electron chi connectivity index (χ3n) is 4.84. The molecule has 0 saturated carbocycles. The van der Waals surface area contributed by atoms with E-state index in [4.69, 9.17) is 9.47 Å². The molecule has 1 fully saturated rings. The fourth-order valence-electron chi connectivity index (χ4n) is 3.30. The molecule has 0 radical (unpaired) electrons. The summed E-state index contributed by atoms with van der Waals surface area (Å²) < 4.78 is 10.9. The van der Waals surface area contributed by atoms with Crippen LogP contribution < -0.4 is 9.47 Å². The summed E-state index contributed by atoms with van der Waals surface area (Å²) in [6.07, 6.45) is 4.33. The number of carbonyl (C=O) groups is 1. The van der Waals surface area contributed by atoms with Gasteiger partial charge >= 0.3 is 0 Å². The summed E-state index contributed by atoms with van der Waals surface area (Å²) >= 11 is 0. The van der Waals surface area contributed by atoms with Gasteiger partial charge < -0.3 is 14.4 Å². The third kappa shape index (κ3) is 5.14. The lowest BCUT2D eigenvalue weighted by molar-refractivity contribution is 0.0650. The lowest BCUT2D eigenvalue weighted by atomic mass is 10.1. The van der Waals surface area contributed by atoms with Gasteiger partial charge in [0.15, 0.2) is 11.5 Å². The van der Waals surface area contributed by atoms with Crippen molar-refractivity contribution >= 4 is 12.0 Å². The van der Waals surface area contributed by atoms with Crippen LogP contribution in [0.5, 0.6) is 11.5 Å². The molecule has 1 aliphatic rings. The first-order chi connectivity index (χ1) is 13.7. The largest absolute Gasteiger partial charge is 0.493 e. The molecule has 1 heterocycles. The summed E-state index contributed by atoms with van der Waals surface area (Å²) in [5, 5.41) is 0. The average Bonchev–Trinajstić information content (AvgIpc) is 2.75. The Hall–Kier alpha value is -2.79. The SMILES string of the molecule is CCOc1cc(C(=O)N2CCN(C/C=C/c3ccccc3)CC2)ccc1OC. The van der Waals surface area contributed by atoms with Crippen molar-refractivity contribution in [3.8, 4) is 11.5 Å². The van der Waals surface area contributed by atoms with Gasteiger partial charge in [-0.05, 0) is 30.7 Å². The Kier molecular flexibility index (Phi) is 7.09. The Labute approximate surface area is 167 Å². The highest BCUT2D eigenvalue weighted by Crippen LogP contribution is 2.28. The van der Waals surface area contributed by atoms with Crippen LogP contribution in [0.3, 0.4) is 0 Å². The van der Waals surface area contributed by atoms with Crippen molar-refractivity contribution in [2.24, 2.45) is 0 Å². The Morgan fingerprint density at radius 1 is 1.04 bits per heavy atom. The molecular formula is C23H28N2O3. The van der Waals surface area contributed by atoms with Gasteiger partial charge in [-0.1, -0.05) is 42.5 Å². The zero-order chi connectivity index (χ0) is 19.8. The number of nitrogens with zero attached hydrogens (tertiary/aromatic N) is 2. The van der Waals surface area contributed by atoms with Crippen LogP contribution in [0.25, 0.3) is 6.08 Å². The number of benzene rings is 2. The van der Waals surface area contributed by atoms with Crippen LogP contribution >= 0.6 is 0 Å². The van der Waals surface area contributed by atoms with Crippen LogP contribution in [0.2, 0.25) is 0 Å². The first-order valence-electron chi connectivity index (χ1n) is 9.75. The van der Waals surface area contributed by atoms with E-state index in [9.17, 15) is 4.79 Å². The maximum absolute atomic E-state index is 12.9. The fourth-order valence-corrected chi connectivity index (χ4v) is 3.30. The van der Waals surface area contributed by atoms with Crippen LogP contribution in [0.4, 0.5) is 0 Å². The first-order valence-corrected chi connectivity index (χ1v) is 9.75. The van der Waals surface area contributed by atoms with Crippen molar-refractivity contribution in [1.29, 1.82) is 0 Å². The van der Waals surface area contributed by atoms with Gasteiger partial charge in [-0.2, -0.15) is 0 Å². The maximum atomic E-state index is 12.9. The van der Waals surface area contributed by atoms with Gasteiger partial charge in [-0.15, -0.1) is 0 Å². The van der Waals surface area contributed by atoms with E-state index in [-0.39, 0.29) is 5.91 Å². The van der Waals surface area contributed by atoms with Gasteiger partial charge in [0.1, 0.15) is 0 Å². The molecule has 28 heavy (non-hydrogen) atoms. The second-order valence-electron chi connectivity index (χ2n) is 6.70. The van der Waals surface area contributed by atoms with Gasteiger partial charge in [0, 0.05) is 38.3 Å². The zero-order valence-electron chi connectivity index (χ0n) is 16.6. The smallest absolute Gasteiger partial charge is 0.254 e. The molecular weight excluding hydrogens is 352 g/mol. The number of rotatable bonds is 7. The van der Waals surface area contributed by atoms with Crippen molar-refractivity contribution in [3.05, 3.63) is 65.7 Å². The summed E-state index contributed by atoms with van der Waals surface area (Å²) in [4.78, 5) is 17.1. The molecule has 0 aliphatic carbocycles. The van der Waals surface area contributed by atoms with Crippen molar-refractivity contribution in [2.45, 2.75) is 6.92 Å². The molecule has 1 aliphatic heterocycles. The summed E-state index contributed by atoms with van der Waals surface area (Å²) in [5.41, 5.74) is 1.85. The Balaban J connectivity index is 1.53. The predicted octanol–water partition coefficient (Wildman–Crippen LogP) is 3.57. The zero-order valence-corrected chi connectivity index (χ0v) is 16.6. The van der Waals surface area contributed by atoms with Gasteiger partial charge in [0.2, 0.25) is 0 Å². The second kappa shape index (κ2) is 9.95. The van der Waals surface area contributed by atoms with Crippen molar-refractivity contribution in [3.63, 3.8) is 0 Å². The Bertz CT molecular complexity index is 797. The molecule has 3 rings (SSSR count). The van der Waals surface area contributed by atoms with Crippen LogP contribution in [-0.2, 0) is 0 Å². The average molecular weight is 380 g/mol. The summed E-state index contributed by atoms with van der Waals surface area (Å²) in [5.74, 6) is 1.30. The van der Waals surface area contributed by atoms with E-state index in [1.54, 1.807) is 25.3 Å². The quantitative estimate of drug-likeness (QED) is 0.737. The van der Waals surface area contributed by atoms with E-state index < -0.39 is 0 Å². The number of carbonyl (C=O) groups excluding carboxylic acids is 1. The van der Waals surface area contributed by atoms with Crippen molar-refractivity contribution in [2.75, 3.05) is 46.4 Å². The molecule has 1 amide bonds. The number of piperazine rings is 1. The van der Waals surface area contributed by atoms with Crippen LogP contribution in [0.1, 0.15) is 22.8 Å². The second-order valence-corrected chi connectivity index (χ2v) is 6.70. The van der Waals surface area contributed by atoms with Gasteiger partial charge in [0.05, 0.1) is 13.7 Å². The molecule has 0 N–H and O–H groups in total. The Morgan fingerprint density at radius 2 is 1.79 bits per heavy atom. The normalized spacial score (nSPS) is 15.0. The topological polar surface area (TPSA) is 42.0 Å². The summed E-state index contributed by atoms with van der Waals surface area (Å²) in [6, 6.07) is 15.7. The van der Waals surface area contributed by atoms with E-state index in [2.05, 4.69) is 29.2 Å². The molecule has 5 nitrogen and oxygen atoms in total. The van der Waals surface area contributed by atoms with Crippen molar-refractivity contribution < 1.29 is 14.3 Å². The molecule has 0 atom stereocenters. The number of amides is 1. The highest BCUT2D eigenvalue weighted by Gasteiger charge is 2.22. The van der Waals surface area contributed by atoms with E-state index in [0.29, 0.717) is 23.7 Å². The summed E-state index contributed by atoms with van der Waals surface area (Å²) in [6.45, 7) is 6.55. The fraction of sp³-hybridized carbons (Fsp3) is 0.348. The number of hydrogen-bond donors (Lipinski definition) is 0. The standard InChI is InChI=1S/C23H28N2O3/c1-3-28-22-18-20(11-12-21(22)27-2)23(26)25-16-14-24(15-17-25)13-7-10-19-8-5-4-6-9-19/h4-12,18H,3,13-17H2,1-2H3/b10-7+. The van der Waals surface area contributed by atoms with Crippen LogP contribution in [0.15, 0.2) is 54.6 Å². The van der Waals surface area contributed by atoms with Gasteiger partial charge in [0.25, 0.3) is 5.91 Å². The molecule has 1 saturated heterocycles. The monoisotopic (exact) mass is 380 g/mol. The molecule has 0 aromatic heterocycles. The first kappa shape index (κ1) is 20.0.